The third-order valence-electron chi connectivity index (χ3n) is 4.55. The van der Waals surface area contributed by atoms with E-state index in [0.29, 0.717) is 24.2 Å². The highest BCUT2D eigenvalue weighted by Crippen LogP contribution is 2.21. The van der Waals surface area contributed by atoms with Crippen LogP contribution in [0.3, 0.4) is 0 Å². The first-order valence-electron chi connectivity index (χ1n) is 9.50. The Labute approximate surface area is 175 Å². The Morgan fingerprint density at radius 1 is 0.867 bits per heavy atom. The molecule has 0 aromatic heterocycles. The number of aliphatic hydroxyl groups is 1. The minimum absolute atomic E-state index is 0.0757. The summed E-state index contributed by atoms with van der Waals surface area (Å²) in [5, 5.41) is 17.7. The summed E-state index contributed by atoms with van der Waals surface area (Å²) in [7, 11) is 1.89. The Hall–Kier alpha value is -3.84. The summed E-state index contributed by atoms with van der Waals surface area (Å²) >= 11 is 0. The van der Waals surface area contributed by atoms with Crippen molar-refractivity contribution in [1.29, 1.82) is 0 Å². The minimum atomic E-state index is -0.190. The van der Waals surface area contributed by atoms with Gasteiger partial charge in [-0.3, -0.25) is 9.59 Å². The number of rotatable bonds is 9. The van der Waals surface area contributed by atoms with E-state index in [2.05, 4.69) is 16.0 Å². The van der Waals surface area contributed by atoms with E-state index in [1.54, 1.807) is 24.3 Å². The number of carbonyl (C=O) groups excluding carboxylic acids is 2. The van der Waals surface area contributed by atoms with Crippen molar-refractivity contribution in [2.75, 3.05) is 41.0 Å². The van der Waals surface area contributed by atoms with Gasteiger partial charge in [0.25, 0.3) is 5.91 Å². The molecule has 0 saturated carbocycles. The molecular weight excluding hydrogens is 380 g/mol. The van der Waals surface area contributed by atoms with E-state index in [-0.39, 0.29) is 12.5 Å². The molecule has 0 heterocycles. The molecule has 2 amide bonds. The number of anilines is 5. The van der Waals surface area contributed by atoms with Crippen LogP contribution in [-0.4, -0.2) is 37.6 Å². The largest absolute Gasteiger partial charge is 0.395 e. The Kier molecular flexibility index (Phi) is 7.02. The molecular formula is C23H24N4O3. The molecule has 3 rings (SSSR count). The van der Waals surface area contributed by atoms with E-state index in [9.17, 15) is 9.59 Å². The van der Waals surface area contributed by atoms with Crippen LogP contribution in [0.4, 0.5) is 28.4 Å². The fourth-order valence-electron chi connectivity index (χ4n) is 2.87. The Morgan fingerprint density at radius 2 is 1.40 bits per heavy atom. The van der Waals surface area contributed by atoms with Crippen molar-refractivity contribution in [1.82, 2.24) is 0 Å². The highest BCUT2D eigenvalue weighted by atomic mass is 16.3. The molecule has 0 aliphatic rings. The van der Waals surface area contributed by atoms with Gasteiger partial charge >= 0.3 is 0 Å². The molecule has 7 heteroatoms. The van der Waals surface area contributed by atoms with Gasteiger partial charge < -0.3 is 26.0 Å². The SMILES string of the molecule is CN(CCO)c1ccc(C(=O)Nc2ccc(Nc3ccc(NC=O)cc3)cc2)cc1. The van der Waals surface area contributed by atoms with Crippen LogP contribution in [0.15, 0.2) is 72.8 Å². The Balaban J connectivity index is 1.58. The average molecular weight is 404 g/mol. The van der Waals surface area contributed by atoms with Crippen molar-refractivity contribution in [3.05, 3.63) is 78.4 Å². The lowest BCUT2D eigenvalue weighted by molar-refractivity contribution is -0.105. The second-order valence-corrected chi connectivity index (χ2v) is 6.69. The average Bonchev–Trinajstić information content (AvgIpc) is 2.77. The summed E-state index contributed by atoms with van der Waals surface area (Å²) in [6, 6.07) is 22.0. The molecule has 0 spiro atoms. The summed E-state index contributed by atoms with van der Waals surface area (Å²) in [6.07, 6.45) is 0.638. The summed E-state index contributed by atoms with van der Waals surface area (Å²) in [5.41, 5.74) is 4.67. The first kappa shape index (κ1) is 20.9. The van der Waals surface area contributed by atoms with E-state index < -0.39 is 0 Å². The molecule has 0 bridgehead atoms. The number of amides is 2. The quantitative estimate of drug-likeness (QED) is 0.408. The number of hydrogen-bond acceptors (Lipinski definition) is 5. The summed E-state index contributed by atoms with van der Waals surface area (Å²) in [4.78, 5) is 24.8. The van der Waals surface area contributed by atoms with Gasteiger partial charge in [0.05, 0.1) is 6.61 Å². The zero-order chi connectivity index (χ0) is 21.3. The highest BCUT2D eigenvalue weighted by molar-refractivity contribution is 6.04. The maximum Gasteiger partial charge on any atom is 0.255 e. The van der Waals surface area contributed by atoms with Gasteiger partial charge in [-0.25, -0.2) is 0 Å². The normalized spacial score (nSPS) is 10.2. The first-order valence-corrected chi connectivity index (χ1v) is 9.50. The van der Waals surface area contributed by atoms with E-state index >= 15 is 0 Å². The van der Waals surface area contributed by atoms with Gasteiger partial charge in [0.15, 0.2) is 0 Å². The van der Waals surface area contributed by atoms with Gasteiger partial charge in [-0.05, 0) is 72.8 Å². The molecule has 0 fully saturated rings. The molecule has 0 unspecified atom stereocenters. The van der Waals surface area contributed by atoms with Crippen molar-refractivity contribution in [2.24, 2.45) is 0 Å². The van der Waals surface area contributed by atoms with E-state index in [4.69, 9.17) is 5.11 Å². The van der Waals surface area contributed by atoms with Crippen LogP contribution in [0.5, 0.6) is 0 Å². The van der Waals surface area contributed by atoms with Gasteiger partial charge in [0.2, 0.25) is 6.41 Å². The van der Waals surface area contributed by atoms with Crippen molar-refractivity contribution in [2.45, 2.75) is 0 Å². The number of carbonyl (C=O) groups is 2. The maximum atomic E-state index is 12.5. The van der Waals surface area contributed by atoms with E-state index in [1.165, 1.54) is 0 Å². The second-order valence-electron chi connectivity index (χ2n) is 6.69. The number of nitrogens with one attached hydrogen (secondary N) is 3. The third-order valence-corrected chi connectivity index (χ3v) is 4.55. The molecule has 7 nitrogen and oxygen atoms in total. The molecule has 3 aromatic rings. The second kappa shape index (κ2) is 10.1. The van der Waals surface area contributed by atoms with Crippen molar-refractivity contribution in [3.8, 4) is 0 Å². The van der Waals surface area contributed by atoms with Gasteiger partial charge in [0, 0.05) is 47.6 Å². The van der Waals surface area contributed by atoms with Crippen LogP contribution in [0, 0.1) is 0 Å². The third kappa shape index (κ3) is 5.59. The predicted molar refractivity (Wildman–Crippen MR) is 121 cm³/mol. The van der Waals surface area contributed by atoms with Crippen LogP contribution >= 0.6 is 0 Å². The van der Waals surface area contributed by atoms with Crippen LogP contribution < -0.4 is 20.9 Å². The van der Waals surface area contributed by atoms with Crippen molar-refractivity contribution >= 4 is 40.8 Å². The van der Waals surface area contributed by atoms with Crippen LogP contribution in [0.2, 0.25) is 0 Å². The Bertz CT molecular complexity index is 971. The molecule has 30 heavy (non-hydrogen) atoms. The summed E-state index contributed by atoms with van der Waals surface area (Å²) in [5.74, 6) is -0.190. The molecule has 0 aliphatic heterocycles. The molecule has 4 N–H and O–H groups in total. The van der Waals surface area contributed by atoms with Gasteiger partial charge in [-0.2, -0.15) is 0 Å². The molecule has 0 radical (unpaired) electrons. The van der Waals surface area contributed by atoms with E-state index in [1.807, 2.05) is 60.5 Å². The molecule has 0 saturated heterocycles. The summed E-state index contributed by atoms with van der Waals surface area (Å²) in [6.45, 7) is 0.609. The van der Waals surface area contributed by atoms with Gasteiger partial charge in [-0.1, -0.05) is 0 Å². The number of benzene rings is 3. The zero-order valence-electron chi connectivity index (χ0n) is 16.6. The predicted octanol–water partition coefficient (Wildman–Crippen LogP) is 3.68. The monoisotopic (exact) mass is 404 g/mol. The first-order chi connectivity index (χ1) is 14.6. The lowest BCUT2D eigenvalue weighted by atomic mass is 10.1. The minimum Gasteiger partial charge on any atom is -0.395 e. The fourth-order valence-corrected chi connectivity index (χ4v) is 2.87. The molecule has 3 aromatic carbocycles. The number of nitrogens with zero attached hydrogens (tertiary/aromatic N) is 1. The number of likely N-dealkylation sites (N-methyl/N-ethyl adjacent to an activating group) is 1. The van der Waals surface area contributed by atoms with Crippen molar-refractivity contribution in [3.63, 3.8) is 0 Å². The molecule has 0 aliphatic carbocycles. The lowest BCUT2D eigenvalue weighted by Crippen LogP contribution is -2.21. The molecule has 154 valence electrons. The van der Waals surface area contributed by atoms with E-state index in [0.717, 1.165) is 22.7 Å². The highest BCUT2D eigenvalue weighted by Gasteiger charge is 2.07. The topological polar surface area (TPSA) is 93.7 Å². The van der Waals surface area contributed by atoms with Crippen LogP contribution in [0.25, 0.3) is 0 Å². The van der Waals surface area contributed by atoms with Gasteiger partial charge in [0.1, 0.15) is 0 Å². The fraction of sp³-hybridized carbons (Fsp3) is 0.130. The zero-order valence-corrected chi connectivity index (χ0v) is 16.6. The van der Waals surface area contributed by atoms with Crippen LogP contribution in [-0.2, 0) is 4.79 Å². The maximum absolute atomic E-state index is 12.5. The number of hydrogen-bond donors (Lipinski definition) is 4. The Morgan fingerprint density at radius 3 is 1.93 bits per heavy atom. The number of aliphatic hydroxyl groups excluding tert-OH is 1. The van der Waals surface area contributed by atoms with Gasteiger partial charge in [-0.15, -0.1) is 0 Å². The molecule has 0 atom stereocenters. The van der Waals surface area contributed by atoms with Crippen molar-refractivity contribution < 1.29 is 14.7 Å². The smallest absolute Gasteiger partial charge is 0.255 e. The standard InChI is InChI=1S/C23H24N4O3/c1-27(14-15-28)22-12-2-17(3-13-22)23(30)26-21-10-8-20(9-11-21)25-19-6-4-18(5-7-19)24-16-29/h2-13,16,25,28H,14-15H2,1H3,(H,24,29)(H,26,30). The summed E-state index contributed by atoms with van der Waals surface area (Å²) < 4.78 is 0. The lowest BCUT2D eigenvalue weighted by Gasteiger charge is -2.18. The van der Waals surface area contributed by atoms with Crippen LogP contribution in [0.1, 0.15) is 10.4 Å².